The highest BCUT2D eigenvalue weighted by Gasteiger charge is 2.22. The lowest BCUT2D eigenvalue weighted by molar-refractivity contribution is -0.385. The van der Waals surface area contributed by atoms with E-state index in [0.717, 1.165) is 15.7 Å². The molecule has 1 aromatic heterocycles. The summed E-state index contributed by atoms with van der Waals surface area (Å²) in [6.45, 7) is 0. The molecule has 10 heteroatoms. The minimum absolute atomic E-state index is 0.0512. The molecule has 144 valence electrons. The number of hydrogen-bond acceptors (Lipinski definition) is 7. The van der Waals surface area contributed by atoms with E-state index in [9.17, 15) is 20.0 Å². The molecule has 1 heterocycles. The van der Waals surface area contributed by atoms with Crippen LogP contribution in [0.2, 0.25) is 0 Å². The van der Waals surface area contributed by atoms with Crippen LogP contribution in [-0.2, 0) is 11.2 Å². The molecule has 0 bridgehead atoms. The van der Waals surface area contributed by atoms with Gasteiger partial charge in [-0.05, 0) is 12.1 Å². The zero-order valence-corrected chi connectivity index (χ0v) is 16.7. The van der Waals surface area contributed by atoms with Crippen LogP contribution < -0.4 is 10.9 Å². The van der Waals surface area contributed by atoms with Crippen LogP contribution >= 0.6 is 27.3 Å². The van der Waals surface area contributed by atoms with Crippen LogP contribution in [0, 0.1) is 10.1 Å². The molecular weight excluding hydrogens is 448 g/mol. The fourth-order valence-electron chi connectivity index (χ4n) is 2.51. The van der Waals surface area contributed by atoms with Gasteiger partial charge in [-0.2, -0.15) is 0 Å². The summed E-state index contributed by atoms with van der Waals surface area (Å²) in [7, 11) is 0. The number of nitro groups is 1. The lowest BCUT2D eigenvalue weighted by Gasteiger charge is -2.14. The fraction of sp³-hybridized carbons (Fsp3) is 0.111. The number of halogens is 1. The average Bonchev–Trinajstić information content (AvgIpc) is 3.14. The zero-order valence-electron chi connectivity index (χ0n) is 14.3. The number of hydrogen-bond donors (Lipinski definition) is 3. The van der Waals surface area contributed by atoms with Crippen molar-refractivity contribution in [3.63, 3.8) is 0 Å². The molecule has 1 unspecified atom stereocenters. The van der Waals surface area contributed by atoms with E-state index in [2.05, 4.69) is 31.8 Å². The molecule has 0 aliphatic heterocycles. The minimum atomic E-state index is -1.13. The Balaban J connectivity index is 1.69. The quantitative estimate of drug-likeness (QED) is 0.340. The summed E-state index contributed by atoms with van der Waals surface area (Å²) in [6.07, 6.45) is -0.0512. The number of carboxylic acids is 1. The Bertz CT molecular complexity index is 993. The van der Waals surface area contributed by atoms with Crippen molar-refractivity contribution in [1.29, 1.82) is 0 Å². The van der Waals surface area contributed by atoms with Gasteiger partial charge >= 0.3 is 5.97 Å². The van der Waals surface area contributed by atoms with E-state index in [4.69, 9.17) is 0 Å². The third kappa shape index (κ3) is 4.91. The smallest absolute Gasteiger partial charge is 0.322 e. The van der Waals surface area contributed by atoms with Gasteiger partial charge in [-0.1, -0.05) is 46.3 Å². The van der Waals surface area contributed by atoms with Gasteiger partial charge in [0.2, 0.25) is 0 Å². The molecule has 0 saturated carbocycles. The summed E-state index contributed by atoms with van der Waals surface area (Å²) in [5.41, 5.74) is 7.40. The average molecular weight is 463 g/mol. The summed E-state index contributed by atoms with van der Waals surface area (Å²) >= 11 is 4.70. The predicted molar refractivity (Wildman–Crippen MR) is 110 cm³/mol. The van der Waals surface area contributed by atoms with Gasteiger partial charge in [0.05, 0.1) is 10.6 Å². The lowest BCUT2D eigenvalue weighted by Crippen LogP contribution is -2.42. The van der Waals surface area contributed by atoms with Crippen molar-refractivity contribution < 1.29 is 14.8 Å². The van der Waals surface area contributed by atoms with E-state index in [-0.39, 0.29) is 12.1 Å². The third-order valence-corrected chi connectivity index (χ3v) is 5.19. The van der Waals surface area contributed by atoms with E-state index in [1.54, 1.807) is 18.2 Å². The molecule has 0 fully saturated rings. The van der Waals surface area contributed by atoms with Gasteiger partial charge in [0.25, 0.3) is 5.69 Å². The van der Waals surface area contributed by atoms with Crippen molar-refractivity contribution in [2.75, 3.05) is 5.43 Å². The molecule has 8 nitrogen and oxygen atoms in total. The first-order valence-corrected chi connectivity index (χ1v) is 9.79. The fourth-order valence-corrected chi connectivity index (χ4v) is 3.46. The maximum atomic E-state index is 11.6. The Morgan fingerprint density at radius 1 is 1.25 bits per heavy atom. The largest absolute Gasteiger partial charge is 0.480 e. The molecule has 0 aliphatic carbocycles. The summed E-state index contributed by atoms with van der Waals surface area (Å²) in [5.74, 6) is -1.13. The molecular formula is C18H15BrN4O4S. The first kappa shape index (κ1) is 19.9. The maximum Gasteiger partial charge on any atom is 0.322 e. The second-order valence-electron chi connectivity index (χ2n) is 5.79. The van der Waals surface area contributed by atoms with Crippen molar-refractivity contribution in [3.8, 4) is 11.3 Å². The van der Waals surface area contributed by atoms with Crippen LogP contribution in [0.5, 0.6) is 0 Å². The van der Waals surface area contributed by atoms with Crippen molar-refractivity contribution in [2.45, 2.75) is 12.5 Å². The first-order chi connectivity index (χ1) is 13.4. The van der Waals surface area contributed by atoms with Gasteiger partial charge in [0, 0.05) is 33.5 Å². The van der Waals surface area contributed by atoms with Crippen LogP contribution in [0.1, 0.15) is 5.56 Å². The Hall–Kier alpha value is -2.82. The van der Waals surface area contributed by atoms with Crippen molar-refractivity contribution in [1.82, 2.24) is 10.4 Å². The molecule has 3 aromatic rings. The van der Waals surface area contributed by atoms with Gasteiger partial charge in [-0.15, -0.1) is 11.3 Å². The summed E-state index contributed by atoms with van der Waals surface area (Å²) < 4.78 is 0.964. The Kier molecular flexibility index (Phi) is 6.34. The number of benzene rings is 2. The van der Waals surface area contributed by atoms with E-state index >= 15 is 0 Å². The number of nitrogens with zero attached hydrogens (tertiary/aromatic N) is 2. The maximum absolute atomic E-state index is 11.6. The summed E-state index contributed by atoms with van der Waals surface area (Å²) in [4.78, 5) is 26.6. The minimum Gasteiger partial charge on any atom is -0.480 e. The number of nitrogens with one attached hydrogen (secondary N) is 2. The first-order valence-electron chi connectivity index (χ1n) is 8.12. The number of hydrazine groups is 1. The molecule has 0 saturated heterocycles. The standard InChI is InChI=1S/C18H15BrN4O4S/c19-13-7-5-11(6-8-13)15-10-28-18(20-15)22-21-14(17(24)25)9-12-3-1-2-4-16(12)23(26)27/h1-8,10,14,21H,9H2,(H,20,22)(H,24,25). The Labute approximate surface area is 172 Å². The van der Waals surface area contributed by atoms with Gasteiger partial charge in [-0.3, -0.25) is 20.3 Å². The highest BCUT2D eigenvalue weighted by Crippen LogP contribution is 2.26. The molecule has 1 atom stereocenters. The van der Waals surface area contributed by atoms with Gasteiger partial charge in [0.15, 0.2) is 5.13 Å². The molecule has 0 amide bonds. The molecule has 0 radical (unpaired) electrons. The number of carbonyl (C=O) groups is 1. The third-order valence-electron chi connectivity index (χ3n) is 3.91. The van der Waals surface area contributed by atoms with Gasteiger partial charge in [0.1, 0.15) is 6.04 Å². The summed E-state index contributed by atoms with van der Waals surface area (Å²) in [5, 5.41) is 22.9. The normalized spacial score (nSPS) is 11.8. The number of nitro benzene ring substituents is 1. The number of aliphatic carboxylic acids is 1. The molecule has 3 N–H and O–H groups in total. The van der Waals surface area contributed by atoms with Crippen molar-refractivity contribution in [3.05, 3.63) is 74.1 Å². The van der Waals surface area contributed by atoms with Gasteiger partial charge < -0.3 is 5.11 Å². The van der Waals surface area contributed by atoms with Crippen LogP contribution in [-0.4, -0.2) is 27.0 Å². The summed E-state index contributed by atoms with van der Waals surface area (Å²) in [6, 6.07) is 12.7. The number of aromatic nitrogens is 1. The Morgan fingerprint density at radius 3 is 2.64 bits per heavy atom. The van der Waals surface area contributed by atoms with Crippen LogP contribution in [0.3, 0.4) is 0 Å². The second-order valence-corrected chi connectivity index (χ2v) is 7.57. The Morgan fingerprint density at radius 2 is 1.96 bits per heavy atom. The molecule has 0 spiro atoms. The van der Waals surface area contributed by atoms with Crippen molar-refractivity contribution in [2.24, 2.45) is 0 Å². The molecule has 3 rings (SSSR count). The SMILES string of the molecule is O=C(O)C(Cc1ccccc1[N+](=O)[O-])NNc1nc(-c2ccc(Br)cc2)cs1. The number of rotatable bonds is 8. The number of para-hydroxylation sites is 1. The highest BCUT2D eigenvalue weighted by molar-refractivity contribution is 9.10. The van der Waals surface area contributed by atoms with Crippen LogP contribution in [0.4, 0.5) is 10.8 Å². The number of anilines is 1. The molecule has 2 aromatic carbocycles. The van der Waals surface area contributed by atoms with Crippen molar-refractivity contribution >= 4 is 44.1 Å². The van der Waals surface area contributed by atoms with E-state index in [0.29, 0.717) is 10.7 Å². The predicted octanol–water partition coefficient (Wildman–Crippen LogP) is 4.09. The zero-order chi connectivity index (χ0) is 20.1. The number of thiazole rings is 1. The van der Waals surface area contributed by atoms with Gasteiger partial charge in [-0.25, -0.2) is 10.4 Å². The van der Waals surface area contributed by atoms with E-state index < -0.39 is 16.9 Å². The molecule has 0 aliphatic rings. The molecule has 28 heavy (non-hydrogen) atoms. The van der Waals surface area contributed by atoms with Crippen LogP contribution in [0.25, 0.3) is 11.3 Å². The second kappa shape index (κ2) is 8.91. The lowest BCUT2D eigenvalue weighted by atomic mass is 10.0. The highest BCUT2D eigenvalue weighted by atomic mass is 79.9. The topological polar surface area (TPSA) is 117 Å². The van der Waals surface area contributed by atoms with E-state index in [1.165, 1.54) is 17.4 Å². The van der Waals surface area contributed by atoms with E-state index in [1.807, 2.05) is 29.6 Å². The number of carboxylic acid groups (broad SMARTS) is 1. The van der Waals surface area contributed by atoms with Crippen LogP contribution in [0.15, 0.2) is 58.4 Å². The monoisotopic (exact) mass is 462 g/mol.